The first-order chi connectivity index (χ1) is 13.3. The number of hydrogen-bond donors (Lipinski definition) is 1. The summed E-state index contributed by atoms with van der Waals surface area (Å²) in [5, 5.41) is 3.31. The summed E-state index contributed by atoms with van der Waals surface area (Å²) in [7, 11) is 0. The van der Waals surface area contributed by atoms with Crippen LogP contribution in [0.2, 0.25) is 0 Å². The molecule has 2 aliphatic rings. The number of anilines is 1. The molecule has 4 nitrogen and oxygen atoms in total. The molecule has 2 aromatic carbocycles. The smallest absolute Gasteiger partial charge is 0.317 e. The zero-order valence-corrected chi connectivity index (χ0v) is 15.9. The number of urea groups is 1. The zero-order chi connectivity index (χ0) is 18.5. The van der Waals surface area contributed by atoms with Gasteiger partial charge in [0.2, 0.25) is 0 Å². The Balaban J connectivity index is 1.29. The number of nitrogens with one attached hydrogen (secondary N) is 1. The lowest BCUT2D eigenvalue weighted by Crippen LogP contribution is -2.50. The molecule has 1 N–H and O–H groups in total. The van der Waals surface area contributed by atoms with Gasteiger partial charge in [-0.05, 0) is 49.8 Å². The summed E-state index contributed by atoms with van der Waals surface area (Å²) in [6, 6.07) is 21.8. The second kappa shape index (κ2) is 8.47. The predicted molar refractivity (Wildman–Crippen MR) is 110 cm³/mol. The van der Waals surface area contributed by atoms with Crippen molar-refractivity contribution in [3.05, 3.63) is 66.2 Å². The molecule has 4 rings (SSSR count). The van der Waals surface area contributed by atoms with Gasteiger partial charge in [-0.2, -0.15) is 0 Å². The van der Waals surface area contributed by atoms with Gasteiger partial charge in [-0.3, -0.25) is 0 Å². The van der Waals surface area contributed by atoms with E-state index < -0.39 is 0 Å². The van der Waals surface area contributed by atoms with E-state index in [-0.39, 0.29) is 12.1 Å². The summed E-state index contributed by atoms with van der Waals surface area (Å²) in [5.74, 6) is 0. The molecule has 1 atom stereocenters. The number of likely N-dealkylation sites (tertiary alicyclic amines) is 1. The topological polar surface area (TPSA) is 35.6 Å². The second-order valence-corrected chi connectivity index (χ2v) is 7.73. The summed E-state index contributed by atoms with van der Waals surface area (Å²) in [6.07, 6.45) is 5.20. The Morgan fingerprint density at radius 1 is 0.889 bits per heavy atom. The fourth-order valence-corrected chi connectivity index (χ4v) is 4.38. The third-order valence-corrected chi connectivity index (χ3v) is 5.90. The Hall–Kier alpha value is -2.49. The first kappa shape index (κ1) is 17.9. The number of carbonyl (C=O) groups excluding carboxylic acids is 1. The molecule has 142 valence electrons. The van der Waals surface area contributed by atoms with Gasteiger partial charge in [0.05, 0.1) is 0 Å². The number of nitrogens with zero attached hydrogens (tertiary/aromatic N) is 2. The van der Waals surface area contributed by atoms with Gasteiger partial charge in [0.15, 0.2) is 0 Å². The highest BCUT2D eigenvalue weighted by Gasteiger charge is 2.30. The minimum absolute atomic E-state index is 0.131. The van der Waals surface area contributed by atoms with Crippen molar-refractivity contribution < 1.29 is 4.79 Å². The van der Waals surface area contributed by atoms with Crippen molar-refractivity contribution in [2.24, 2.45) is 0 Å². The molecule has 2 aliphatic heterocycles. The fraction of sp³-hybridized carbons (Fsp3) is 0.435. The van der Waals surface area contributed by atoms with Crippen molar-refractivity contribution in [2.75, 3.05) is 24.5 Å². The van der Waals surface area contributed by atoms with Crippen LogP contribution < -0.4 is 10.2 Å². The minimum atomic E-state index is 0.131. The van der Waals surface area contributed by atoms with Gasteiger partial charge in [0.1, 0.15) is 0 Å². The number of carbonyl (C=O) groups is 1. The molecule has 0 bridgehead atoms. The van der Waals surface area contributed by atoms with Crippen LogP contribution in [0.4, 0.5) is 10.5 Å². The molecule has 27 heavy (non-hydrogen) atoms. The third kappa shape index (κ3) is 4.44. The highest BCUT2D eigenvalue weighted by molar-refractivity contribution is 5.75. The zero-order valence-electron chi connectivity index (χ0n) is 15.9. The van der Waals surface area contributed by atoms with Crippen LogP contribution in [-0.4, -0.2) is 42.6 Å². The average molecular weight is 364 g/mol. The van der Waals surface area contributed by atoms with Crippen molar-refractivity contribution >= 4 is 11.7 Å². The van der Waals surface area contributed by atoms with Crippen LogP contribution in [-0.2, 0) is 6.42 Å². The van der Waals surface area contributed by atoms with Crippen LogP contribution >= 0.6 is 0 Å². The number of rotatable bonds is 4. The van der Waals surface area contributed by atoms with Gasteiger partial charge in [-0.25, -0.2) is 4.79 Å². The molecule has 0 aliphatic carbocycles. The largest absolute Gasteiger partial charge is 0.371 e. The molecule has 2 fully saturated rings. The van der Waals surface area contributed by atoms with Crippen LogP contribution in [0.25, 0.3) is 0 Å². The van der Waals surface area contributed by atoms with Crippen molar-refractivity contribution in [3.8, 4) is 0 Å². The fourth-order valence-electron chi connectivity index (χ4n) is 4.38. The number of amides is 2. The first-order valence-corrected chi connectivity index (χ1v) is 10.2. The van der Waals surface area contributed by atoms with Gasteiger partial charge in [0, 0.05) is 37.4 Å². The normalized spacial score (nSPS) is 20.7. The molecule has 0 aromatic heterocycles. The first-order valence-electron chi connectivity index (χ1n) is 10.2. The maximum Gasteiger partial charge on any atom is 0.317 e. The summed E-state index contributed by atoms with van der Waals surface area (Å²) in [4.78, 5) is 17.3. The van der Waals surface area contributed by atoms with E-state index in [9.17, 15) is 4.79 Å². The van der Waals surface area contributed by atoms with Gasteiger partial charge < -0.3 is 15.1 Å². The molecule has 2 aromatic rings. The van der Waals surface area contributed by atoms with Crippen LogP contribution in [0.15, 0.2) is 60.7 Å². The maximum absolute atomic E-state index is 12.9. The minimum Gasteiger partial charge on any atom is -0.371 e. The van der Waals surface area contributed by atoms with E-state index in [0.29, 0.717) is 6.04 Å². The average Bonchev–Trinajstić information content (AvgIpc) is 3.18. The summed E-state index contributed by atoms with van der Waals surface area (Å²) >= 11 is 0. The Labute approximate surface area is 162 Å². The second-order valence-electron chi connectivity index (χ2n) is 7.73. The molecule has 4 heteroatoms. The molecule has 1 unspecified atom stereocenters. The maximum atomic E-state index is 12.9. The highest BCUT2D eigenvalue weighted by Crippen LogP contribution is 2.23. The van der Waals surface area contributed by atoms with Crippen LogP contribution in [0.3, 0.4) is 0 Å². The lowest BCUT2D eigenvalue weighted by Gasteiger charge is -2.35. The molecule has 2 saturated heterocycles. The standard InChI is InChI=1S/C23H29N3O/c27-23(26-15-7-12-22(26)18-19-8-3-1-4-9-19)24-20-13-16-25(17-14-20)21-10-5-2-6-11-21/h1-6,8-11,20,22H,7,12-18H2,(H,24,27). The van der Waals surface area contributed by atoms with E-state index in [0.717, 1.165) is 51.7 Å². The van der Waals surface area contributed by atoms with Gasteiger partial charge in [0.25, 0.3) is 0 Å². The molecule has 2 heterocycles. The number of piperidine rings is 1. The Morgan fingerprint density at radius 3 is 2.26 bits per heavy atom. The van der Waals surface area contributed by atoms with E-state index in [1.165, 1.54) is 11.3 Å². The predicted octanol–water partition coefficient (Wildman–Crippen LogP) is 4.07. The van der Waals surface area contributed by atoms with E-state index in [1.807, 2.05) is 6.07 Å². The molecule has 2 amide bonds. The number of hydrogen-bond acceptors (Lipinski definition) is 2. The van der Waals surface area contributed by atoms with Gasteiger partial charge in [-0.15, -0.1) is 0 Å². The molecule has 0 saturated carbocycles. The Morgan fingerprint density at radius 2 is 1.56 bits per heavy atom. The quantitative estimate of drug-likeness (QED) is 0.889. The van der Waals surface area contributed by atoms with Crippen molar-refractivity contribution in [2.45, 2.75) is 44.2 Å². The molecular formula is C23H29N3O. The molecular weight excluding hydrogens is 334 g/mol. The summed E-state index contributed by atoms with van der Waals surface area (Å²) in [5.41, 5.74) is 2.60. The van der Waals surface area contributed by atoms with Crippen molar-refractivity contribution in [1.82, 2.24) is 10.2 Å². The third-order valence-electron chi connectivity index (χ3n) is 5.90. The molecule has 0 radical (unpaired) electrons. The van der Waals surface area contributed by atoms with E-state index in [4.69, 9.17) is 0 Å². The summed E-state index contributed by atoms with van der Waals surface area (Å²) < 4.78 is 0. The number of benzene rings is 2. The van der Waals surface area contributed by atoms with Gasteiger partial charge >= 0.3 is 6.03 Å². The SMILES string of the molecule is O=C(NC1CCN(c2ccccc2)CC1)N1CCCC1Cc1ccccc1. The lowest BCUT2D eigenvalue weighted by molar-refractivity contribution is 0.186. The summed E-state index contributed by atoms with van der Waals surface area (Å²) in [6.45, 7) is 2.89. The number of para-hydroxylation sites is 1. The van der Waals surface area contributed by atoms with Crippen LogP contribution in [0, 0.1) is 0 Å². The molecule has 0 spiro atoms. The Kier molecular flexibility index (Phi) is 5.61. The highest BCUT2D eigenvalue weighted by atomic mass is 16.2. The van der Waals surface area contributed by atoms with Crippen molar-refractivity contribution in [3.63, 3.8) is 0 Å². The van der Waals surface area contributed by atoms with Crippen LogP contribution in [0.5, 0.6) is 0 Å². The monoisotopic (exact) mass is 363 g/mol. The van der Waals surface area contributed by atoms with Gasteiger partial charge in [-0.1, -0.05) is 48.5 Å². The van der Waals surface area contributed by atoms with E-state index in [1.54, 1.807) is 0 Å². The van der Waals surface area contributed by atoms with Crippen LogP contribution in [0.1, 0.15) is 31.2 Å². The van der Waals surface area contributed by atoms with Crippen molar-refractivity contribution in [1.29, 1.82) is 0 Å². The van der Waals surface area contributed by atoms with E-state index >= 15 is 0 Å². The Bertz CT molecular complexity index is 726. The van der Waals surface area contributed by atoms with E-state index in [2.05, 4.69) is 69.7 Å². The lowest BCUT2D eigenvalue weighted by atomic mass is 10.0.